The smallest absolute Gasteiger partial charge is 0.410 e. The Morgan fingerprint density at radius 2 is 1.76 bits per heavy atom. The molecule has 0 aromatic carbocycles. The highest BCUT2D eigenvalue weighted by Gasteiger charge is 2.44. The van der Waals surface area contributed by atoms with Crippen LogP contribution in [-0.2, 0) is 9.53 Å². The lowest BCUT2D eigenvalue weighted by Crippen LogP contribution is -2.47. The normalized spacial score (nSPS) is 21.9. The van der Waals surface area contributed by atoms with Crippen molar-refractivity contribution in [3.8, 4) is 0 Å². The molecule has 0 N–H and O–H groups in total. The summed E-state index contributed by atoms with van der Waals surface area (Å²) in [7, 11) is 0. The lowest BCUT2D eigenvalue weighted by atomic mass is 9.85. The van der Waals surface area contributed by atoms with Gasteiger partial charge in [-0.15, -0.1) is 0 Å². The van der Waals surface area contributed by atoms with Gasteiger partial charge in [-0.1, -0.05) is 20.8 Å². The van der Waals surface area contributed by atoms with Crippen molar-refractivity contribution >= 4 is 11.9 Å². The summed E-state index contributed by atoms with van der Waals surface area (Å²) < 4.78 is 5.33. The van der Waals surface area contributed by atoms with E-state index in [0.29, 0.717) is 13.0 Å². The lowest BCUT2D eigenvalue weighted by molar-refractivity contribution is -0.122. The van der Waals surface area contributed by atoms with Gasteiger partial charge < -0.3 is 4.74 Å². The van der Waals surface area contributed by atoms with Crippen LogP contribution in [0.25, 0.3) is 0 Å². The van der Waals surface area contributed by atoms with E-state index in [-0.39, 0.29) is 23.3 Å². The molecule has 4 heteroatoms. The number of Topliss-reactive ketones (excluding diaryl/α,β-unsaturated/α-hetero) is 1. The molecule has 0 bridgehead atoms. The van der Waals surface area contributed by atoms with E-state index >= 15 is 0 Å². The van der Waals surface area contributed by atoms with Crippen LogP contribution < -0.4 is 0 Å². The highest BCUT2D eigenvalue weighted by molar-refractivity contribution is 5.91. The van der Waals surface area contributed by atoms with Gasteiger partial charge in [-0.05, 0) is 26.2 Å². The average Bonchev–Trinajstić information content (AvgIpc) is 2.42. The number of ketones is 1. The SMILES string of the molecule is CC(C)(C)OC(=O)N1CCC(=O)C1C(C)(C)C. The van der Waals surface area contributed by atoms with Gasteiger partial charge in [-0.2, -0.15) is 0 Å². The third kappa shape index (κ3) is 3.45. The molecule has 0 aromatic heterocycles. The van der Waals surface area contributed by atoms with Crippen LogP contribution in [0.1, 0.15) is 48.0 Å². The molecule has 0 radical (unpaired) electrons. The maximum atomic E-state index is 12.0. The van der Waals surface area contributed by atoms with Crippen molar-refractivity contribution in [2.75, 3.05) is 6.54 Å². The molecule has 0 aromatic rings. The van der Waals surface area contributed by atoms with E-state index in [4.69, 9.17) is 4.74 Å². The van der Waals surface area contributed by atoms with Gasteiger partial charge in [0, 0.05) is 13.0 Å². The summed E-state index contributed by atoms with van der Waals surface area (Å²) in [6.45, 7) is 11.9. The van der Waals surface area contributed by atoms with E-state index < -0.39 is 5.60 Å². The summed E-state index contributed by atoms with van der Waals surface area (Å²) in [5.41, 5.74) is -0.768. The minimum Gasteiger partial charge on any atom is -0.444 e. The van der Waals surface area contributed by atoms with Crippen LogP contribution in [-0.4, -0.2) is 35.0 Å². The van der Waals surface area contributed by atoms with Crippen molar-refractivity contribution in [1.29, 1.82) is 0 Å². The van der Waals surface area contributed by atoms with Crippen LogP contribution in [0.2, 0.25) is 0 Å². The van der Waals surface area contributed by atoms with Crippen LogP contribution in [0.15, 0.2) is 0 Å². The molecule has 0 aliphatic carbocycles. The summed E-state index contributed by atoms with van der Waals surface area (Å²) in [6, 6.07) is -0.364. The van der Waals surface area contributed by atoms with Gasteiger partial charge in [0.2, 0.25) is 0 Å². The van der Waals surface area contributed by atoms with Crippen LogP contribution in [0.5, 0.6) is 0 Å². The van der Waals surface area contributed by atoms with Crippen molar-refractivity contribution in [3.05, 3.63) is 0 Å². The van der Waals surface area contributed by atoms with Crippen molar-refractivity contribution in [1.82, 2.24) is 4.90 Å². The molecule has 1 aliphatic heterocycles. The van der Waals surface area contributed by atoms with Gasteiger partial charge in [-0.3, -0.25) is 9.69 Å². The summed E-state index contributed by atoms with van der Waals surface area (Å²) in [5.74, 6) is 0.128. The Morgan fingerprint density at radius 3 is 2.18 bits per heavy atom. The predicted molar refractivity (Wildman–Crippen MR) is 65.8 cm³/mol. The third-order valence-corrected chi connectivity index (χ3v) is 2.66. The van der Waals surface area contributed by atoms with Gasteiger partial charge in [0.15, 0.2) is 5.78 Å². The molecule has 1 atom stereocenters. The molecule has 17 heavy (non-hydrogen) atoms. The maximum Gasteiger partial charge on any atom is 0.410 e. The first-order valence-corrected chi connectivity index (χ1v) is 6.05. The third-order valence-electron chi connectivity index (χ3n) is 2.66. The molecular weight excluding hydrogens is 218 g/mol. The van der Waals surface area contributed by atoms with Gasteiger partial charge >= 0.3 is 6.09 Å². The second kappa shape index (κ2) is 4.31. The number of rotatable bonds is 0. The lowest BCUT2D eigenvalue weighted by Gasteiger charge is -2.34. The Kier molecular flexibility index (Phi) is 3.55. The summed E-state index contributed by atoms with van der Waals surface area (Å²) >= 11 is 0. The number of carbonyl (C=O) groups excluding carboxylic acids is 2. The summed E-state index contributed by atoms with van der Waals surface area (Å²) in [4.78, 5) is 25.4. The van der Waals surface area contributed by atoms with E-state index in [0.717, 1.165) is 0 Å². The predicted octanol–water partition coefficient (Wildman–Crippen LogP) is 2.61. The fraction of sp³-hybridized carbons (Fsp3) is 0.846. The quantitative estimate of drug-likeness (QED) is 0.655. The van der Waals surface area contributed by atoms with Crippen molar-refractivity contribution < 1.29 is 14.3 Å². The fourth-order valence-corrected chi connectivity index (χ4v) is 2.14. The maximum absolute atomic E-state index is 12.0. The number of likely N-dealkylation sites (tertiary alicyclic amines) is 1. The molecule has 1 amide bonds. The molecule has 1 fully saturated rings. The Labute approximate surface area is 103 Å². The second-order valence-electron chi connectivity index (χ2n) is 6.66. The summed E-state index contributed by atoms with van der Waals surface area (Å²) in [6.07, 6.45) is 0.0459. The van der Waals surface area contributed by atoms with E-state index in [1.54, 1.807) is 4.90 Å². The van der Waals surface area contributed by atoms with E-state index in [2.05, 4.69) is 0 Å². The van der Waals surface area contributed by atoms with Gasteiger partial charge in [0.1, 0.15) is 5.60 Å². The molecule has 1 rings (SSSR count). The van der Waals surface area contributed by atoms with E-state index in [1.165, 1.54) is 0 Å². The van der Waals surface area contributed by atoms with Crippen LogP contribution >= 0.6 is 0 Å². The minimum atomic E-state index is -0.523. The molecule has 1 saturated heterocycles. The summed E-state index contributed by atoms with van der Waals surface area (Å²) in [5, 5.41) is 0. The first-order valence-electron chi connectivity index (χ1n) is 6.05. The minimum absolute atomic E-state index is 0.128. The number of amides is 1. The van der Waals surface area contributed by atoms with Crippen molar-refractivity contribution in [3.63, 3.8) is 0 Å². The first-order chi connectivity index (χ1) is 7.52. The molecule has 1 heterocycles. The number of nitrogens with zero attached hydrogens (tertiary/aromatic N) is 1. The van der Waals surface area contributed by atoms with E-state index in [1.807, 2.05) is 41.5 Å². The van der Waals surface area contributed by atoms with Crippen LogP contribution in [0, 0.1) is 5.41 Å². The number of carbonyl (C=O) groups is 2. The standard InChI is InChI=1S/C13H23NO3/c1-12(2,3)10-9(15)7-8-14(10)11(16)17-13(4,5)6/h10H,7-8H2,1-6H3. The Hall–Kier alpha value is -1.06. The fourth-order valence-electron chi connectivity index (χ4n) is 2.14. The average molecular weight is 241 g/mol. The van der Waals surface area contributed by atoms with Gasteiger partial charge in [-0.25, -0.2) is 4.79 Å². The zero-order valence-electron chi connectivity index (χ0n) is 11.7. The van der Waals surface area contributed by atoms with E-state index in [9.17, 15) is 9.59 Å². The molecule has 0 spiro atoms. The molecule has 1 unspecified atom stereocenters. The zero-order chi connectivity index (χ0) is 13.4. The largest absolute Gasteiger partial charge is 0.444 e. The van der Waals surface area contributed by atoms with Gasteiger partial charge in [0.25, 0.3) is 0 Å². The number of hydrogen-bond donors (Lipinski definition) is 0. The molecule has 98 valence electrons. The highest BCUT2D eigenvalue weighted by atomic mass is 16.6. The topological polar surface area (TPSA) is 46.6 Å². The van der Waals surface area contributed by atoms with Crippen LogP contribution in [0.4, 0.5) is 4.79 Å². The first kappa shape index (κ1) is 14.0. The van der Waals surface area contributed by atoms with Crippen LogP contribution in [0.3, 0.4) is 0 Å². The Morgan fingerprint density at radius 1 is 1.24 bits per heavy atom. The Bertz CT molecular complexity index is 323. The van der Waals surface area contributed by atoms with Gasteiger partial charge in [0.05, 0.1) is 6.04 Å². The van der Waals surface area contributed by atoms with Crippen molar-refractivity contribution in [2.45, 2.75) is 59.6 Å². The molecule has 0 saturated carbocycles. The second-order valence-corrected chi connectivity index (χ2v) is 6.66. The van der Waals surface area contributed by atoms with Crippen molar-refractivity contribution in [2.24, 2.45) is 5.41 Å². The monoisotopic (exact) mass is 241 g/mol. The Balaban J connectivity index is 2.84. The molecule has 4 nitrogen and oxygen atoms in total. The zero-order valence-corrected chi connectivity index (χ0v) is 11.7. The highest BCUT2D eigenvalue weighted by Crippen LogP contribution is 2.31. The number of hydrogen-bond acceptors (Lipinski definition) is 3. The molecule has 1 aliphatic rings. The number of ether oxygens (including phenoxy) is 1. The molecular formula is C13H23NO3.